The minimum Gasteiger partial charge on any atom is -0.339 e. The molecule has 0 saturated carbocycles. The van der Waals surface area contributed by atoms with Crippen LogP contribution < -0.4 is 0 Å². The van der Waals surface area contributed by atoms with E-state index in [9.17, 15) is 0 Å². The predicted octanol–water partition coefficient (Wildman–Crippen LogP) is 2.75. The lowest BCUT2D eigenvalue weighted by Crippen LogP contribution is -2.11. The Morgan fingerprint density at radius 1 is 1.35 bits per heavy atom. The highest BCUT2D eigenvalue weighted by molar-refractivity contribution is 7.98. The fourth-order valence-electron chi connectivity index (χ4n) is 1.55. The third-order valence-electron chi connectivity index (χ3n) is 2.65. The molecule has 2 aromatic rings. The van der Waals surface area contributed by atoms with Gasteiger partial charge in [0.25, 0.3) is 0 Å². The van der Waals surface area contributed by atoms with Crippen LogP contribution in [-0.2, 0) is 17.7 Å². The van der Waals surface area contributed by atoms with Gasteiger partial charge in [0.15, 0.2) is 11.0 Å². The molecule has 0 saturated heterocycles. The summed E-state index contributed by atoms with van der Waals surface area (Å²) in [5, 5.41) is 13.1. The minimum absolute atomic E-state index is 0.130. The molecule has 0 aliphatic carbocycles. The van der Waals surface area contributed by atoms with Crippen LogP contribution >= 0.6 is 11.8 Å². The van der Waals surface area contributed by atoms with Gasteiger partial charge in [0.1, 0.15) is 5.82 Å². The van der Waals surface area contributed by atoms with E-state index in [1.165, 1.54) is 0 Å². The average Bonchev–Trinajstić information content (AvgIpc) is 2.96. The molecule has 0 aromatic carbocycles. The van der Waals surface area contributed by atoms with Gasteiger partial charge in [-0.05, 0) is 6.92 Å². The van der Waals surface area contributed by atoms with E-state index in [0.29, 0.717) is 24.0 Å². The Morgan fingerprint density at radius 2 is 2.10 bits per heavy atom. The maximum absolute atomic E-state index is 5.27. The second-order valence-corrected chi connectivity index (χ2v) is 6.43. The predicted molar refractivity (Wildman–Crippen MR) is 77.5 cm³/mol. The molecule has 0 fully saturated rings. The summed E-state index contributed by atoms with van der Waals surface area (Å²) in [7, 11) is 0. The van der Waals surface area contributed by atoms with E-state index in [4.69, 9.17) is 4.52 Å². The van der Waals surface area contributed by atoms with Crippen LogP contribution in [-0.4, -0.2) is 24.9 Å². The van der Waals surface area contributed by atoms with Crippen molar-refractivity contribution in [3.05, 3.63) is 30.2 Å². The van der Waals surface area contributed by atoms with Crippen molar-refractivity contribution in [2.45, 2.75) is 50.6 Å². The lowest BCUT2D eigenvalue weighted by molar-refractivity contribution is 0.319. The molecule has 0 bridgehead atoms. The van der Waals surface area contributed by atoms with Gasteiger partial charge >= 0.3 is 0 Å². The molecule has 108 valence electrons. The Kier molecular flexibility index (Phi) is 4.27. The first-order chi connectivity index (χ1) is 9.41. The fraction of sp³-hybridized carbons (Fsp3) is 0.538. The van der Waals surface area contributed by atoms with Crippen LogP contribution in [0, 0.1) is 6.92 Å². The van der Waals surface area contributed by atoms with E-state index in [0.717, 1.165) is 11.0 Å². The summed E-state index contributed by atoms with van der Waals surface area (Å²) in [6.45, 7) is 12.5. The summed E-state index contributed by atoms with van der Waals surface area (Å²) in [5.41, 5.74) is -0.130. The monoisotopic (exact) mass is 293 g/mol. The lowest BCUT2D eigenvalue weighted by atomic mass is 9.97. The van der Waals surface area contributed by atoms with E-state index in [1.54, 1.807) is 11.8 Å². The molecule has 0 atom stereocenters. The minimum atomic E-state index is -0.130. The number of rotatable bonds is 5. The molecule has 2 rings (SSSR count). The normalized spacial score (nSPS) is 11.8. The number of nitrogens with zero attached hydrogens (tertiary/aromatic N) is 5. The van der Waals surface area contributed by atoms with Crippen LogP contribution in [0.2, 0.25) is 0 Å². The van der Waals surface area contributed by atoms with Gasteiger partial charge in [-0.15, -0.1) is 16.8 Å². The lowest BCUT2D eigenvalue weighted by Gasteiger charge is -2.10. The van der Waals surface area contributed by atoms with E-state index in [1.807, 2.05) is 38.3 Å². The number of allylic oxidation sites excluding steroid dienone is 1. The Balaban J connectivity index is 2.05. The Hall–Kier alpha value is -1.63. The maximum atomic E-state index is 5.27. The van der Waals surface area contributed by atoms with Crippen molar-refractivity contribution in [3.8, 4) is 0 Å². The molecule has 2 heterocycles. The Bertz CT molecular complexity index is 596. The fourth-order valence-corrected chi connectivity index (χ4v) is 2.39. The van der Waals surface area contributed by atoms with Crippen LogP contribution in [0.1, 0.15) is 38.3 Å². The molecule has 0 radical (unpaired) electrons. The number of aromatic nitrogens is 5. The topological polar surface area (TPSA) is 69.6 Å². The van der Waals surface area contributed by atoms with Crippen molar-refractivity contribution >= 4 is 11.8 Å². The number of aryl methyl sites for hydroxylation is 1. The summed E-state index contributed by atoms with van der Waals surface area (Å²) in [6.07, 6.45) is 1.83. The number of thioether (sulfide) groups is 1. The highest BCUT2D eigenvalue weighted by Crippen LogP contribution is 2.23. The molecule has 0 amide bonds. The van der Waals surface area contributed by atoms with Crippen molar-refractivity contribution in [2.75, 3.05) is 0 Å². The first kappa shape index (κ1) is 14.8. The van der Waals surface area contributed by atoms with Crippen molar-refractivity contribution in [3.63, 3.8) is 0 Å². The summed E-state index contributed by atoms with van der Waals surface area (Å²) in [6, 6.07) is 0. The first-order valence-electron chi connectivity index (χ1n) is 6.38. The molecular weight excluding hydrogens is 274 g/mol. The summed E-state index contributed by atoms with van der Waals surface area (Å²) in [4.78, 5) is 4.40. The van der Waals surface area contributed by atoms with Crippen LogP contribution in [0.5, 0.6) is 0 Å². The van der Waals surface area contributed by atoms with Crippen LogP contribution in [0.25, 0.3) is 0 Å². The molecule has 0 spiro atoms. The molecule has 0 aliphatic heterocycles. The maximum Gasteiger partial charge on any atom is 0.232 e. The number of hydrogen-bond donors (Lipinski definition) is 0. The zero-order valence-corrected chi connectivity index (χ0v) is 13.1. The first-order valence-corrected chi connectivity index (χ1v) is 7.37. The Morgan fingerprint density at radius 3 is 2.70 bits per heavy atom. The third-order valence-corrected chi connectivity index (χ3v) is 3.62. The summed E-state index contributed by atoms with van der Waals surface area (Å²) >= 11 is 1.54. The largest absolute Gasteiger partial charge is 0.339 e. The average molecular weight is 293 g/mol. The van der Waals surface area contributed by atoms with Gasteiger partial charge in [0, 0.05) is 12.0 Å². The standard InChI is InChI=1S/C13H19N5OS/c1-6-7-18-9(2)15-16-12(18)20-8-10-14-11(19-17-10)13(3,4)5/h6H,1,7-8H2,2-5H3. The van der Waals surface area contributed by atoms with Crippen LogP contribution in [0.15, 0.2) is 22.3 Å². The van der Waals surface area contributed by atoms with Gasteiger partial charge in [-0.2, -0.15) is 4.98 Å². The van der Waals surface area contributed by atoms with Crippen molar-refractivity contribution in [1.29, 1.82) is 0 Å². The van der Waals surface area contributed by atoms with E-state index in [2.05, 4.69) is 26.9 Å². The molecule has 0 N–H and O–H groups in total. The molecule has 0 unspecified atom stereocenters. The number of hydrogen-bond acceptors (Lipinski definition) is 6. The molecule has 6 nitrogen and oxygen atoms in total. The highest BCUT2D eigenvalue weighted by Gasteiger charge is 2.22. The molecule has 2 aromatic heterocycles. The summed E-state index contributed by atoms with van der Waals surface area (Å²) in [5.74, 6) is 2.80. The smallest absolute Gasteiger partial charge is 0.232 e. The quantitative estimate of drug-likeness (QED) is 0.623. The van der Waals surface area contributed by atoms with Crippen LogP contribution in [0.3, 0.4) is 0 Å². The van der Waals surface area contributed by atoms with Gasteiger partial charge in [-0.1, -0.05) is 43.8 Å². The zero-order chi connectivity index (χ0) is 14.8. The summed E-state index contributed by atoms with van der Waals surface area (Å²) < 4.78 is 7.27. The molecule has 7 heteroatoms. The van der Waals surface area contributed by atoms with Gasteiger partial charge in [0.2, 0.25) is 5.89 Å². The van der Waals surface area contributed by atoms with E-state index < -0.39 is 0 Å². The molecule has 0 aliphatic rings. The van der Waals surface area contributed by atoms with Crippen molar-refractivity contribution in [2.24, 2.45) is 0 Å². The third kappa shape index (κ3) is 3.27. The molecule has 20 heavy (non-hydrogen) atoms. The SMILES string of the molecule is C=CCn1c(C)nnc1SCc1noc(C(C)(C)C)n1. The second kappa shape index (κ2) is 5.78. The zero-order valence-electron chi connectivity index (χ0n) is 12.3. The van der Waals surface area contributed by atoms with Gasteiger partial charge in [-0.3, -0.25) is 0 Å². The Labute approximate surface area is 122 Å². The van der Waals surface area contributed by atoms with Gasteiger partial charge < -0.3 is 9.09 Å². The van der Waals surface area contributed by atoms with Gasteiger partial charge in [-0.25, -0.2) is 0 Å². The van der Waals surface area contributed by atoms with E-state index >= 15 is 0 Å². The van der Waals surface area contributed by atoms with Crippen molar-refractivity contribution < 1.29 is 4.52 Å². The second-order valence-electron chi connectivity index (χ2n) is 5.48. The van der Waals surface area contributed by atoms with E-state index in [-0.39, 0.29) is 5.41 Å². The van der Waals surface area contributed by atoms with Crippen LogP contribution in [0.4, 0.5) is 0 Å². The molecular formula is C13H19N5OS. The van der Waals surface area contributed by atoms with Gasteiger partial charge in [0.05, 0.1) is 5.75 Å². The van der Waals surface area contributed by atoms with Crippen molar-refractivity contribution in [1.82, 2.24) is 24.9 Å². The highest BCUT2D eigenvalue weighted by atomic mass is 32.2.